The molecule has 0 heterocycles. The lowest BCUT2D eigenvalue weighted by molar-refractivity contribution is 0.245. The molecule has 0 radical (unpaired) electrons. The lowest BCUT2D eigenvalue weighted by Gasteiger charge is -2.06. The minimum Gasteiger partial charge on any atom is -0.370 e. The van der Waals surface area contributed by atoms with Gasteiger partial charge in [0.15, 0.2) is 5.96 Å². The van der Waals surface area contributed by atoms with Crippen molar-refractivity contribution in [3.63, 3.8) is 0 Å². The van der Waals surface area contributed by atoms with Gasteiger partial charge in [0.25, 0.3) is 0 Å². The monoisotopic (exact) mass is 242 g/mol. The van der Waals surface area contributed by atoms with Crippen molar-refractivity contribution >= 4 is 12.0 Å². The molecular formula is C12H26N4O. The molecule has 0 fully saturated rings. The molecular weight excluding hydrogens is 216 g/mol. The molecule has 0 aliphatic carbocycles. The highest BCUT2D eigenvalue weighted by Crippen LogP contribution is 1.93. The molecule has 0 rings (SSSR count). The molecule has 2 amide bonds. The predicted molar refractivity (Wildman–Crippen MR) is 72.1 cm³/mol. The Morgan fingerprint density at radius 2 is 1.76 bits per heavy atom. The number of carbonyl (C=O) groups excluding carboxylic acids is 1. The molecule has 0 aliphatic rings. The minimum atomic E-state index is -0.266. The van der Waals surface area contributed by atoms with E-state index in [0.717, 1.165) is 38.5 Å². The summed E-state index contributed by atoms with van der Waals surface area (Å²) in [4.78, 5) is 15.4. The SMILES string of the molecule is CCCCCN=C(N)NC(=O)NCCCCC. The van der Waals surface area contributed by atoms with Crippen LogP contribution in [-0.2, 0) is 0 Å². The third kappa shape index (κ3) is 11.0. The number of nitrogens with zero attached hydrogens (tertiary/aromatic N) is 1. The van der Waals surface area contributed by atoms with E-state index in [9.17, 15) is 4.79 Å². The van der Waals surface area contributed by atoms with Gasteiger partial charge in [0.1, 0.15) is 0 Å². The van der Waals surface area contributed by atoms with Crippen LogP contribution < -0.4 is 16.4 Å². The van der Waals surface area contributed by atoms with Crippen LogP contribution >= 0.6 is 0 Å². The van der Waals surface area contributed by atoms with Gasteiger partial charge in [0.05, 0.1) is 0 Å². The molecule has 0 spiro atoms. The summed E-state index contributed by atoms with van der Waals surface area (Å²) in [7, 11) is 0. The third-order valence-electron chi connectivity index (χ3n) is 2.35. The summed E-state index contributed by atoms with van der Waals surface area (Å²) in [5, 5.41) is 5.25. The fourth-order valence-corrected chi connectivity index (χ4v) is 1.34. The first-order chi connectivity index (χ1) is 8.20. The van der Waals surface area contributed by atoms with Gasteiger partial charge in [-0.3, -0.25) is 10.3 Å². The lowest BCUT2D eigenvalue weighted by Crippen LogP contribution is -2.43. The first-order valence-corrected chi connectivity index (χ1v) is 6.55. The van der Waals surface area contributed by atoms with Crippen LogP contribution in [0.4, 0.5) is 4.79 Å². The second kappa shape index (κ2) is 11.2. The number of hydrogen-bond acceptors (Lipinski definition) is 2. The summed E-state index contributed by atoms with van der Waals surface area (Å²) in [5.41, 5.74) is 5.57. The molecule has 17 heavy (non-hydrogen) atoms. The number of hydrogen-bond donors (Lipinski definition) is 3. The van der Waals surface area contributed by atoms with E-state index in [2.05, 4.69) is 29.5 Å². The van der Waals surface area contributed by atoms with Crippen molar-refractivity contribution in [1.29, 1.82) is 0 Å². The van der Waals surface area contributed by atoms with E-state index < -0.39 is 0 Å². The quantitative estimate of drug-likeness (QED) is 0.346. The van der Waals surface area contributed by atoms with Crippen molar-refractivity contribution in [1.82, 2.24) is 10.6 Å². The molecule has 0 aliphatic heterocycles. The Labute approximate surface area is 104 Å². The number of urea groups is 1. The van der Waals surface area contributed by atoms with Crippen molar-refractivity contribution in [2.75, 3.05) is 13.1 Å². The molecule has 5 heteroatoms. The van der Waals surface area contributed by atoms with E-state index in [4.69, 9.17) is 5.73 Å². The number of amides is 2. The maximum Gasteiger partial charge on any atom is 0.321 e. The van der Waals surface area contributed by atoms with E-state index in [1.54, 1.807) is 0 Å². The second-order valence-corrected chi connectivity index (χ2v) is 4.06. The summed E-state index contributed by atoms with van der Waals surface area (Å²) in [6.45, 7) is 5.62. The summed E-state index contributed by atoms with van der Waals surface area (Å²) in [5.74, 6) is 0.203. The van der Waals surface area contributed by atoms with Crippen molar-refractivity contribution in [2.24, 2.45) is 10.7 Å². The zero-order chi connectivity index (χ0) is 12.9. The highest BCUT2D eigenvalue weighted by Gasteiger charge is 2.00. The number of unbranched alkanes of at least 4 members (excludes halogenated alkanes) is 4. The van der Waals surface area contributed by atoms with Gasteiger partial charge in [0.2, 0.25) is 0 Å². The lowest BCUT2D eigenvalue weighted by atomic mass is 10.2. The van der Waals surface area contributed by atoms with Crippen LogP contribution in [0, 0.1) is 0 Å². The highest BCUT2D eigenvalue weighted by molar-refractivity contribution is 5.95. The van der Waals surface area contributed by atoms with Crippen LogP contribution in [0.3, 0.4) is 0 Å². The molecule has 0 aromatic rings. The van der Waals surface area contributed by atoms with Gasteiger partial charge in [-0.1, -0.05) is 39.5 Å². The standard InChI is InChI=1S/C12H26N4O/c1-3-5-7-9-14-11(13)16-12(17)15-10-8-6-4-2/h3-10H2,1-2H3,(H4,13,14,15,16,17). The smallest absolute Gasteiger partial charge is 0.321 e. The van der Waals surface area contributed by atoms with Gasteiger partial charge in [-0.25, -0.2) is 4.79 Å². The fraction of sp³-hybridized carbons (Fsp3) is 0.833. The van der Waals surface area contributed by atoms with Gasteiger partial charge in [0, 0.05) is 13.1 Å². The molecule has 100 valence electrons. The Morgan fingerprint density at radius 3 is 2.41 bits per heavy atom. The fourth-order valence-electron chi connectivity index (χ4n) is 1.34. The maximum absolute atomic E-state index is 11.3. The minimum absolute atomic E-state index is 0.203. The largest absolute Gasteiger partial charge is 0.370 e. The van der Waals surface area contributed by atoms with Crippen LogP contribution in [0.25, 0.3) is 0 Å². The summed E-state index contributed by atoms with van der Waals surface area (Å²) in [6.07, 6.45) is 6.57. The van der Waals surface area contributed by atoms with Crippen molar-refractivity contribution in [3.05, 3.63) is 0 Å². The summed E-state index contributed by atoms with van der Waals surface area (Å²) in [6, 6.07) is -0.266. The van der Waals surface area contributed by atoms with Crippen molar-refractivity contribution < 1.29 is 4.79 Å². The van der Waals surface area contributed by atoms with Gasteiger partial charge in [-0.2, -0.15) is 0 Å². The normalized spacial score (nSPS) is 11.3. The predicted octanol–water partition coefficient (Wildman–Crippen LogP) is 1.98. The van der Waals surface area contributed by atoms with E-state index >= 15 is 0 Å². The van der Waals surface area contributed by atoms with Crippen LogP contribution in [0.2, 0.25) is 0 Å². The molecule has 0 unspecified atom stereocenters. The average Bonchev–Trinajstić information content (AvgIpc) is 2.30. The number of nitrogens with one attached hydrogen (secondary N) is 2. The number of guanidine groups is 1. The average molecular weight is 242 g/mol. The van der Waals surface area contributed by atoms with Crippen LogP contribution in [-0.4, -0.2) is 25.1 Å². The number of carbonyl (C=O) groups is 1. The number of aliphatic imine (C=N–C) groups is 1. The first kappa shape index (κ1) is 15.7. The van der Waals surface area contributed by atoms with Crippen molar-refractivity contribution in [3.8, 4) is 0 Å². The zero-order valence-corrected chi connectivity index (χ0v) is 11.1. The van der Waals surface area contributed by atoms with Gasteiger partial charge in [-0.05, 0) is 12.8 Å². The maximum atomic E-state index is 11.3. The van der Waals surface area contributed by atoms with E-state index in [-0.39, 0.29) is 12.0 Å². The van der Waals surface area contributed by atoms with Gasteiger partial charge < -0.3 is 11.1 Å². The number of rotatable bonds is 8. The van der Waals surface area contributed by atoms with E-state index in [1.165, 1.54) is 0 Å². The van der Waals surface area contributed by atoms with Gasteiger partial charge >= 0.3 is 6.03 Å². The molecule has 0 aromatic carbocycles. The Bertz CT molecular complexity index is 229. The molecule has 4 N–H and O–H groups in total. The Hall–Kier alpha value is -1.26. The van der Waals surface area contributed by atoms with Gasteiger partial charge in [-0.15, -0.1) is 0 Å². The summed E-state index contributed by atoms with van der Waals surface area (Å²) >= 11 is 0. The van der Waals surface area contributed by atoms with Crippen LogP contribution in [0.15, 0.2) is 4.99 Å². The third-order valence-corrected chi connectivity index (χ3v) is 2.35. The Balaban J connectivity index is 3.57. The molecule has 5 nitrogen and oxygen atoms in total. The zero-order valence-electron chi connectivity index (χ0n) is 11.1. The molecule has 0 bridgehead atoms. The topological polar surface area (TPSA) is 79.5 Å². The van der Waals surface area contributed by atoms with Crippen LogP contribution in [0.1, 0.15) is 52.4 Å². The molecule has 0 atom stereocenters. The molecule has 0 saturated carbocycles. The first-order valence-electron chi connectivity index (χ1n) is 6.55. The summed E-state index contributed by atoms with van der Waals surface area (Å²) < 4.78 is 0. The Kier molecular flexibility index (Phi) is 10.4. The van der Waals surface area contributed by atoms with E-state index in [1.807, 2.05) is 0 Å². The highest BCUT2D eigenvalue weighted by atomic mass is 16.2. The Morgan fingerprint density at radius 1 is 1.12 bits per heavy atom. The van der Waals surface area contributed by atoms with Crippen molar-refractivity contribution in [2.45, 2.75) is 52.4 Å². The molecule has 0 saturated heterocycles. The second-order valence-electron chi connectivity index (χ2n) is 4.06. The molecule has 0 aromatic heterocycles. The van der Waals surface area contributed by atoms with Crippen LogP contribution in [0.5, 0.6) is 0 Å². The number of nitrogens with two attached hydrogens (primary N) is 1. The van der Waals surface area contributed by atoms with E-state index in [0.29, 0.717) is 13.1 Å².